The van der Waals surface area contributed by atoms with E-state index in [0.29, 0.717) is 6.10 Å². The third kappa shape index (κ3) is 3.89. The molecule has 4 heteroatoms. The normalized spacial score (nSPS) is 22.5. The number of benzene rings is 1. The van der Waals surface area contributed by atoms with Crippen LogP contribution in [0.5, 0.6) is 11.5 Å². The van der Waals surface area contributed by atoms with Crippen molar-refractivity contribution >= 4 is 0 Å². The van der Waals surface area contributed by atoms with E-state index in [1.54, 1.807) is 14.2 Å². The fourth-order valence-corrected chi connectivity index (χ4v) is 3.08. The van der Waals surface area contributed by atoms with Crippen LogP contribution in [0.15, 0.2) is 18.2 Å². The second-order valence-corrected chi connectivity index (χ2v) is 5.60. The summed E-state index contributed by atoms with van der Waals surface area (Å²) in [5.41, 5.74) is 1.17. The molecule has 2 rings (SSSR count). The molecular weight excluding hydrogens is 266 g/mol. The topological polar surface area (TPSA) is 39.7 Å². The molecule has 0 aliphatic heterocycles. The number of methoxy groups -OCH3 is 2. The highest BCUT2D eigenvalue weighted by atomic mass is 16.5. The Morgan fingerprint density at radius 2 is 2.00 bits per heavy atom. The molecule has 1 aliphatic carbocycles. The lowest BCUT2D eigenvalue weighted by atomic mass is 9.77. The molecule has 1 aromatic carbocycles. The van der Waals surface area contributed by atoms with Crippen LogP contribution in [0, 0.1) is 5.92 Å². The number of rotatable bonds is 8. The smallest absolute Gasteiger partial charge is 0.123 e. The molecule has 1 saturated carbocycles. The Hall–Kier alpha value is -1.26. The standard InChI is InChI=1S/C17H27NO3/c1-5-21-14-8-12(9-14)10-16(18-2)15-11-13(19-3)6-7-17(15)20-4/h6-7,11-12,14,16,18H,5,8-10H2,1-4H3. The van der Waals surface area contributed by atoms with Crippen LogP contribution in [-0.2, 0) is 4.74 Å². The van der Waals surface area contributed by atoms with Crippen molar-refractivity contribution in [2.45, 2.75) is 38.3 Å². The van der Waals surface area contributed by atoms with Crippen LogP contribution in [0.2, 0.25) is 0 Å². The molecule has 1 aliphatic rings. The Labute approximate surface area is 127 Å². The van der Waals surface area contributed by atoms with E-state index in [0.717, 1.165) is 43.3 Å². The average Bonchev–Trinajstić information content (AvgIpc) is 2.49. The molecule has 0 aromatic heterocycles. The second kappa shape index (κ2) is 7.66. The van der Waals surface area contributed by atoms with Gasteiger partial charge in [-0.1, -0.05) is 0 Å². The van der Waals surface area contributed by atoms with Gasteiger partial charge in [-0.05, 0) is 57.4 Å². The van der Waals surface area contributed by atoms with E-state index in [1.165, 1.54) is 5.56 Å². The molecule has 118 valence electrons. The first kappa shape index (κ1) is 16.1. The molecule has 1 unspecified atom stereocenters. The number of hydrogen-bond acceptors (Lipinski definition) is 4. The molecule has 21 heavy (non-hydrogen) atoms. The predicted molar refractivity (Wildman–Crippen MR) is 84.1 cm³/mol. The van der Waals surface area contributed by atoms with Crippen molar-refractivity contribution in [1.82, 2.24) is 5.32 Å². The molecule has 0 saturated heterocycles. The van der Waals surface area contributed by atoms with Crippen molar-refractivity contribution in [3.05, 3.63) is 23.8 Å². The molecule has 0 spiro atoms. The summed E-state index contributed by atoms with van der Waals surface area (Å²) >= 11 is 0. The van der Waals surface area contributed by atoms with Crippen molar-refractivity contribution in [3.8, 4) is 11.5 Å². The number of ether oxygens (including phenoxy) is 3. The lowest BCUT2D eigenvalue weighted by Crippen LogP contribution is -2.34. The van der Waals surface area contributed by atoms with Crippen LogP contribution in [0.4, 0.5) is 0 Å². The van der Waals surface area contributed by atoms with Crippen LogP contribution in [0.3, 0.4) is 0 Å². The second-order valence-electron chi connectivity index (χ2n) is 5.60. The molecule has 0 amide bonds. The van der Waals surface area contributed by atoms with Gasteiger partial charge >= 0.3 is 0 Å². The molecule has 1 N–H and O–H groups in total. The van der Waals surface area contributed by atoms with E-state index in [1.807, 2.05) is 19.2 Å². The van der Waals surface area contributed by atoms with Gasteiger partial charge < -0.3 is 19.5 Å². The molecule has 0 heterocycles. The minimum Gasteiger partial charge on any atom is -0.497 e. The Bertz CT molecular complexity index is 444. The van der Waals surface area contributed by atoms with E-state index in [9.17, 15) is 0 Å². The van der Waals surface area contributed by atoms with Gasteiger partial charge in [-0.3, -0.25) is 0 Å². The zero-order valence-electron chi connectivity index (χ0n) is 13.5. The summed E-state index contributed by atoms with van der Waals surface area (Å²) in [7, 11) is 5.41. The summed E-state index contributed by atoms with van der Waals surface area (Å²) in [4.78, 5) is 0. The first-order valence-electron chi connectivity index (χ1n) is 7.72. The maximum atomic E-state index is 5.65. The molecule has 0 bridgehead atoms. The third-order valence-electron chi connectivity index (χ3n) is 4.32. The monoisotopic (exact) mass is 293 g/mol. The molecule has 1 aromatic rings. The van der Waals surface area contributed by atoms with Gasteiger partial charge in [0.15, 0.2) is 0 Å². The van der Waals surface area contributed by atoms with Crippen molar-refractivity contribution in [2.24, 2.45) is 5.92 Å². The summed E-state index contributed by atoms with van der Waals surface area (Å²) in [5, 5.41) is 3.41. The van der Waals surface area contributed by atoms with Crippen molar-refractivity contribution in [2.75, 3.05) is 27.9 Å². The fourth-order valence-electron chi connectivity index (χ4n) is 3.08. The molecule has 4 nitrogen and oxygen atoms in total. The summed E-state index contributed by atoms with van der Waals surface area (Å²) < 4.78 is 16.5. The zero-order valence-corrected chi connectivity index (χ0v) is 13.5. The number of nitrogens with one attached hydrogen (secondary N) is 1. The van der Waals surface area contributed by atoms with Gasteiger partial charge in [0.05, 0.1) is 20.3 Å². The van der Waals surface area contributed by atoms with Gasteiger partial charge in [0.2, 0.25) is 0 Å². The lowest BCUT2D eigenvalue weighted by molar-refractivity contribution is -0.0290. The van der Waals surface area contributed by atoms with E-state index in [4.69, 9.17) is 14.2 Å². The van der Waals surface area contributed by atoms with Crippen LogP contribution in [-0.4, -0.2) is 34.0 Å². The van der Waals surface area contributed by atoms with Crippen LogP contribution in [0.25, 0.3) is 0 Å². The molecule has 1 fully saturated rings. The SMILES string of the molecule is CCOC1CC(CC(NC)c2cc(OC)ccc2OC)C1. The Kier molecular flexibility index (Phi) is 5.88. The van der Waals surface area contributed by atoms with Gasteiger partial charge in [0, 0.05) is 18.2 Å². The van der Waals surface area contributed by atoms with Crippen LogP contribution < -0.4 is 14.8 Å². The summed E-state index contributed by atoms with van der Waals surface area (Å²) in [6.45, 7) is 2.88. The highest BCUT2D eigenvalue weighted by Gasteiger charge is 2.32. The van der Waals surface area contributed by atoms with Crippen molar-refractivity contribution in [1.29, 1.82) is 0 Å². The maximum absolute atomic E-state index is 5.65. The van der Waals surface area contributed by atoms with Gasteiger partial charge in [-0.2, -0.15) is 0 Å². The Morgan fingerprint density at radius 3 is 2.57 bits per heavy atom. The van der Waals surface area contributed by atoms with Gasteiger partial charge in [-0.25, -0.2) is 0 Å². The largest absolute Gasteiger partial charge is 0.497 e. The highest BCUT2D eigenvalue weighted by molar-refractivity contribution is 5.42. The predicted octanol–water partition coefficient (Wildman–Crippen LogP) is 3.17. The average molecular weight is 293 g/mol. The summed E-state index contributed by atoms with van der Waals surface area (Å²) in [6.07, 6.45) is 3.89. The Balaban J connectivity index is 2.03. The quantitative estimate of drug-likeness (QED) is 0.799. The minimum atomic E-state index is 0.280. The van der Waals surface area contributed by atoms with E-state index < -0.39 is 0 Å². The minimum absolute atomic E-state index is 0.280. The maximum Gasteiger partial charge on any atom is 0.123 e. The van der Waals surface area contributed by atoms with E-state index >= 15 is 0 Å². The molecular formula is C17H27NO3. The lowest BCUT2D eigenvalue weighted by Gasteiger charge is -2.37. The van der Waals surface area contributed by atoms with Crippen molar-refractivity contribution in [3.63, 3.8) is 0 Å². The van der Waals surface area contributed by atoms with Crippen LogP contribution in [0.1, 0.15) is 37.8 Å². The van der Waals surface area contributed by atoms with E-state index in [-0.39, 0.29) is 6.04 Å². The number of hydrogen-bond donors (Lipinski definition) is 1. The van der Waals surface area contributed by atoms with Gasteiger partial charge in [0.25, 0.3) is 0 Å². The van der Waals surface area contributed by atoms with Crippen LogP contribution >= 0.6 is 0 Å². The van der Waals surface area contributed by atoms with Gasteiger partial charge in [0.1, 0.15) is 11.5 Å². The van der Waals surface area contributed by atoms with Crippen molar-refractivity contribution < 1.29 is 14.2 Å². The fraction of sp³-hybridized carbons (Fsp3) is 0.647. The zero-order chi connectivity index (χ0) is 15.2. The summed E-state index contributed by atoms with van der Waals surface area (Å²) in [6, 6.07) is 6.26. The first-order valence-corrected chi connectivity index (χ1v) is 7.72. The third-order valence-corrected chi connectivity index (χ3v) is 4.32. The molecule has 1 atom stereocenters. The Morgan fingerprint density at radius 1 is 1.24 bits per heavy atom. The summed E-state index contributed by atoms with van der Waals surface area (Å²) in [5.74, 6) is 2.50. The van der Waals surface area contributed by atoms with Gasteiger partial charge in [-0.15, -0.1) is 0 Å². The highest BCUT2D eigenvalue weighted by Crippen LogP contribution is 2.39. The van der Waals surface area contributed by atoms with E-state index in [2.05, 4.69) is 18.3 Å². The molecule has 0 radical (unpaired) electrons. The first-order chi connectivity index (χ1) is 10.2.